The Hall–Kier alpha value is -1.72. The molecule has 1 aliphatic rings. The standard InChI is InChI=1S/C16H16ClNO3S/c1-12-10-21-16-9-5-4-8-15(16)18(12)22(19,20)11-13-6-2-3-7-14(13)17/h2-9,12H,10-11H2,1H3. The molecular formula is C16H16ClNO3S. The Labute approximate surface area is 135 Å². The van der Waals surface area contributed by atoms with Gasteiger partial charge < -0.3 is 4.74 Å². The number of nitrogens with zero attached hydrogens (tertiary/aromatic N) is 1. The smallest absolute Gasteiger partial charge is 0.239 e. The number of halogens is 1. The number of anilines is 1. The minimum Gasteiger partial charge on any atom is -0.489 e. The van der Waals surface area contributed by atoms with Crippen LogP contribution in [0.4, 0.5) is 5.69 Å². The molecule has 0 saturated heterocycles. The van der Waals surface area contributed by atoms with E-state index in [1.165, 1.54) is 4.31 Å². The second-order valence-corrected chi connectivity index (χ2v) is 7.52. The number of rotatable bonds is 3. The Kier molecular flexibility index (Phi) is 4.02. The van der Waals surface area contributed by atoms with Crippen LogP contribution in [0.5, 0.6) is 5.75 Å². The third-order valence-electron chi connectivity index (χ3n) is 3.58. The SMILES string of the molecule is CC1COc2ccccc2N1S(=O)(=O)Cc1ccccc1Cl. The van der Waals surface area contributed by atoms with Gasteiger partial charge >= 0.3 is 0 Å². The highest BCUT2D eigenvalue weighted by Gasteiger charge is 2.33. The number of para-hydroxylation sites is 2. The lowest BCUT2D eigenvalue weighted by molar-refractivity contribution is 0.281. The molecule has 0 saturated carbocycles. The first-order valence-electron chi connectivity index (χ1n) is 6.96. The Bertz CT molecular complexity index is 791. The average molecular weight is 338 g/mol. The van der Waals surface area contributed by atoms with E-state index in [9.17, 15) is 8.42 Å². The van der Waals surface area contributed by atoms with Crippen molar-refractivity contribution in [3.8, 4) is 5.75 Å². The van der Waals surface area contributed by atoms with Crippen molar-refractivity contribution < 1.29 is 13.2 Å². The highest BCUT2D eigenvalue weighted by atomic mass is 35.5. The summed E-state index contributed by atoms with van der Waals surface area (Å²) in [6, 6.07) is 13.9. The first-order chi connectivity index (χ1) is 10.5. The molecule has 0 radical (unpaired) electrons. The van der Waals surface area contributed by atoms with Gasteiger partial charge in [0.05, 0.1) is 17.5 Å². The van der Waals surface area contributed by atoms with Crippen molar-refractivity contribution in [2.24, 2.45) is 0 Å². The molecule has 1 heterocycles. The fraction of sp³-hybridized carbons (Fsp3) is 0.250. The molecule has 0 aromatic heterocycles. The third-order valence-corrected chi connectivity index (χ3v) is 5.78. The van der Waals surface area contributed by atoms with Crippen LogP contribution in [0.25, 0.3) is 0 Å². The maximum Gasteiger partial charge on any atom is 0.239 e. The van der Waals surface area contributed by atoms with E-state index >= 15 is 0 Å². The van der Waals surface area contributed by atoms with Crippen molar-refractivity contribution in [2.45, 2.75) is 18.7 Å². The van der Waals surface area contributed by atoms with Gasteiger partial charge in [-0.15, -0.1) is 0 Å². The maximum absolute atomic E-state index is 12.9. The molecule has 1 aliphatic heterocycles. The van der Waals surface area contributed by atoms with Crippen LogP contribution in [0, 0.1) is 0 Å². The summed E-state index contributed by atoms with van der Waals surface area (Å²) < 4.78 is 32.8. The largest absolute Gasteiger partial charge is 0.489 e. The first kappa shape index (κ1) is 15.2. The fourth-order valence-corrected chi connectivity index (χ4v) is 4.71. The van der Waals surface area contributed by atoms with E-state index in [1.807, 2.05) is 13.0 Å². The van der Waals surface area contributed by atoms with Crippen LogP contribution < -0.4 is 9.04 Å². The lowest BCUT2D eigenvalue weighted by Gasteiger charge is -2.35. The van der Waals surface area contributed by atoms with Crippen LogP contribution >= 0.6 is 11.6 Å². The van der Waals surface area contributed by atoms with Crippen molar-refractivity contribution >= 4 is 27.3 Å². The number of hydrogen-bond acceptors (Lipinski definition) is 3. The quantitative estimate of drug-likeness (QED) is 0.861. The molecule has 4 nitrogen and oxygen atoms in total. The number of fused-ring (bicyclic) bond motifs is 1. The van der Waals surface area contributed by atoms with Gasteiger partial charge in [-0.25, -0.2) is 8.42 Å². The molecule has 2 aromatic rings. The molecule has 1 atom stereocenters. The van der Waals surface area contributed by atoms with Crippen molar-refractivity contribution in [3.63, 3.8) is 0 Å². The predicted octanol–water partition coefficient (Wildman–Crippen LogP) is 3.46. The molecule has 0 aliphatic carbocycles. The van der Waals surface area contributed by atoms with Crippen molar-refractivity contribution in [2.75, 3.05) is 10.9 Å². The predicted molar refractivity (Wildman–Crippen MR) is 88.0 cm³/mol. The van der Waals surface area contributed by atoms with E-state index < -0.39 is 10.0 Å². The van der Waals surface area contributed by atoms with Crippen LogP contribution in [0.1, 0.15) is 12.5 Å². The minimum atomic E-state index is -3.55. The molecule has 0 amide bonds. The fourth-order valence-electron chi connectivity index (χ4n) is 2.58. The number of sulfonamides is 1. The summed E-state index contributed by atoms with van der Waals surface area (Å²) in [6.45, 7) is 2.17. The summed E-state index contributed by atoms with van der Waals surface area (Å²) >= 11 is 6.10. The van der Waals surface area contributed by atoms with Gasteiger partial charge in [0.15, 0.2) is 0 Å². The van der Waals surface area contributed by atoms with Gasteiger partial charge in [0, 0.05) is 5.02 Å². The van der Waals surface area contributed by atoms with Crippen LogP contribution in [-0.4, -0.2) is 21.1 Å². The van der Waals surface area contributed by atoms with Gasteiger partial charge in [0.2, 0.25) is 10.0 Å². The zero-order valence-corrected chi connectivity index (χ0v) is 13.6. The summed E-state index contributed by atoms with van der Waals surface area (Å²) in [5, 5.41) is 0.459. The molecule has 0 fully saturated rings. The van der Waals surface area contributed by atoms with Gasteiger partial charge in [-0.1, -0.05) is 41.9 Å². The van der Waals surface area contributed by atoms with Gasteiger partial charge in [-0.05, 0) is 30.7 Å². The van der Waals surface area contributed by atoms with E-state index in [0.29, 0.717) is 28.6 Å². The lowest BCUT2D eigenvalue weighted by Crippen LogP contribution is -2.45. The summed E-state index contributed by atoms with van der Waals surface area (Å²) in [4.78, 5) is 0. The lowest BCUT2D eigenvalue weighted by atomic mass is 10.2. The zero-order chi connectivity index (χ0) is 15.7. The van der Waals surface area contributed by atoms with Crippen LogP contribution in [0.3, 0.4) is 0 Å². The normalized spacial score (nSPS) is 17.7. The monoisotopic (exact) mass is 337 g/mol. The first-order valence-corrected chi connectivity index (χ1v) is 8.95. The molecule has 2 aromatic carbocycles. The van der Waals surface area contributed by atoms with E-state index in [1.54, 1.807) is 42.5 Å². The second kappa shape index (κ2) is 5.82. The third kappa shape index (κ3) is 2.78. The summed E-state index contributed by atoms with van der Waals surface area (Å²) in [5.74, 6) is 0.453. The Balaban J connectivity index is 2.00. The van der Waals surface area contributed by atoms with Gasteiger partial charge in [0.1, 0.15) is 12.4 Å². The van der Waals surface area contributed by atoms with Crippen molar-refractivity contribution in [1.29, 1.82) is 0 Å². The molecule has 1 unspecified atom stereocenters. The summed E-state index contributed by atoms with van der Waals surface area (Å²) in [5.41, 5.74) is 1.17. The van der Waals surface area contributed by atoms with Crippen LogP contribution in [0.15, 0.2) is 48.5 Å². The maximum atomic E-state index is 12.9. The van der Waals surface area contributed by atoms with Crippen LogP contribution in [-0.2, 0) is 15.8 Å². The second-order valence-electron chi connectivity index (χ2n) is 5.27. The molecular weight excluding hydrogens is 322 g/mol. The van der Waals surface area contributed by atoms with Crippen molar-refractivity contribution in [3.05, 3.63) is 59.1 Å². The number of benzene rings is 2. The molecule has 22 heavy (non-hydrogen) atoms. The van der Waals surface area contributed by atoms with E-state index in [-0.39, 0.29) is 11.8 Å². The van der Waals surface area contributed by atoms with Crippen molar-refractivity contribution in [1.82, 2.24) is 0 Å². The molecule has 0 spiro atoms. The van der Waals surface area contributed by atoms with Gasteiger partial charge in [-0.2, -0.15) is 0 Å². The van der Waals surface area contributed by atoms with E-state index in [0.717, 1.165) is 0 Å². The average Bonchev–Trinajstić information content (AvgIpc) is 2.49. The van der Waals surface area contributed by atoms with E-state index in [2.05, 4.69) is 0 Å². The Morgan fingerprint density at radius 2 is 1.86 bits per heavy atom. The zero-order valence-electron chi connectivity index (χ0n) is 12.1. The molecule has 6 heteroatoms. The minimum absolute atomic E-state index is 0.134. The highest BCUT2D eigenvalue weighted by Crippen LogP contribution is 2.36. The molecule has 3 rings (SSSR count). The Morgan fingerprint density at radius 3 is 2.64 bits per heavy atom. The molecule has 0 bridgehead atoms. The van der Waals surface area contributed by atoms with Crippen LogP contribution in [0.2, 0.25) is 5.02 Å². The summed E-state index contributed by atoms with van der Waals surface area (Å²) in [6.07, 6.45) is 0. The summed E-state index contributed by atoms with van der Waals surface area (Å²) in [7, 11) is -3.55. The van der Waals surface area contributed by atoms with Gasteiger partial charge in [-0.3, -0.25) is 4.31 Å². The topological polar surface area (TPSA) is 46.6 Å². The Morgan fingerprint density at radius 1 is 1.18 bits per heavy atom. The highest BCUT2D eigenvalue weighted by molar-refractivity contribution is 7.92. The number of hydrogen-bond donors (Lipinski definition) is 0. The molecule has 116 valence electrons. The molecule has 0 N–H and O–H groups in total. The van der Waals surface area contributed by atoms with E-state index in [4.69, 9.17) is 16.3 Å². The van der Waals surface area contributed by atoms with Gasteiger partial charge in [0.25, 0.3) is 0 Å². The number of ether oxygens (including phenoxy) is 1.